The molecule has 0 unspecified atom stereocenters. The average Bonchev–Trinajstić information content (AvgIpc) is 2.78. The van der Waals surface area contributed by atoms with E-state index in [1.54, 1.807) is 0 Å². The van der Waals surface area contributed by atoms with Gasteiger partial charge in [0.15, 0.2) is 11.5 Å². The molecule has 5 heteroatoms. The zero-order valence-electron chi connectivity index (χ0n) is 16.3. The van der Waals surface area contributed by atoms with Gasteiger partial charge in [-0.1, -0.05) is 42.5 Å². The molecule has 150 valence electrons. The van der Waals surface area contributed by atoms with E-state index in [-0.39, 0.29) is 6.04 Å². The smallest absolute Gasteiger partial charge is 0.170 e. The summed E-state index contributed by atoms with van der Waals surface area (Å²) in [5.41, 5.74) is 0.890. The first-order chi connectivity index (χ1) is 14.3. The first-order valence-corrected chi connectivity index (χ1v) is 9.94. The summed E-state index contributed by atoms with van der Waals surface area (Å²) in [6, 6.07) is 24.5. The second-order valence-corrected chi connectivity index (χ2v) is 6.99. The predicted molar refractivity (Wildman–Crippen MR) is 113 cm³/mol. The molecule has 1 aliphatic rings. The molecule has 0 amide bonds. The average molecular weight is 392 g/mol. The van der Waals surface area contributed by atoms with Crippen LogP contribution in [-0.4, -0.2) is 37.8 Å². The van der Waals surface area contributed by atoms with E-state index in [9.17, 15) is 4.39 Å². The van der Waals surface area contributed by atoms with Crippen LogP contribution in [0.3, 0.4) is 0 Å². The SMILES string of the molecule is FC[C@@H](c1ccc(Oc2ccccc2)c(Oc2ccccc2)c1)N1CCNCC1. The zero-order valence-corrected chi connectivity index (χ0v) is 16.3. The minimum absolute atomic E-state index is 0.291. The molecule has 1 saturated heterocycles. The van der Waals surface area contributed by atoms with Gasteiger partial charge in [-0.05, 0) is 42.0 Å². The van der Waals surface area contributed by atoms with Gasteiger partial charge in [-0.15, -0.1) is 0 Å². The lowest BCUT2D eigenvalue weighted by molar-refractivity contribution is 0.147. The number of rotatable bonds is 7. The summed E-state index contributed by atoms with van der Waals surface area (Å²) in [4.78, 5) is 2.18. The van der Waals surface area contributed by atoms with Gasteiger partial charge in [-0.25, -0.2) is 4.39 Å². The molecule has 29 heavy (non-hydrogen) atoms. The Morgan fingerprint density at radius 2 is 1.38 bits per heavy atom. The molecule has 3 aromatic rings. The monoisotopic (exact) mass is 392 g/mol. The van der Waals surface area contributed by atoms with Gasteiger partial charge in [-0.2, -0.15) is 0 Å². The minimum atomic E-state index is -0.441. The topological polar surface area (TPSA) is 33.7 Å². The van der Waals surface area contributed by atoms with Crippen LogP contribution in [0, 0.1) is 0 Å². The van der Waals surface area contributed by atoms with Crippen molar-refractivity contribution in [3.63, 3.8) is 0 Å². The second kappa shape index (κ2) is 9.54. The summed E-state index contributed by atoms with van der Waals surface area (Å²) in [6.07, 6.45) is 0. The van der Waals surface area contributed by atoms with Crippen LogP contribution in [0.15, 0.2) is 78.9 Å². The van der Waals surface area contributed by atoms with Crippen LogP contribution in [0.5, 0.6) is 23.0 Å². The number of nitrogens with zero attached hydrogens (tertiary/aromatic N) is 1. The summed E-state index contributed by atoms with van der Waals surface area (Å²) < 4.78 is 26.2. The second-order valence-electron chi connectivity index (χ2n) is 6.99. The van der Waals surface area contributed by atoms with Gasteiger partial charge >= 0.3 is 0 Å². The highest BCUT2D eigenvalue weighted by atomic mass is 19.1. The first-order valence-electron chi connectivity index (χ1n) is 9.94. The molecular weight excluding hydrogens is 367 g/mol. The Morgan fingerprint density at radius 1 is 0.793 bits per heavy atom. The lowest BCUT2D eigenvalue weighted by atomic mass is 10.0. The van der Waals surface area contributed by atoms with Crippen molar-refractivity contribution in [2.45, 2.75) is 6.04 Å². The van der Waals surface area contributed by atoms with Crippen molar-refractivity contribution in [3.8, 4) is 23.0 Å². The molecular formula is C24H25FN2O2. The van der Waals surface area contributed by atoms with Crippen molar-refractivity contribution >= 4 is 0 Å². The molecule has 0 spiro atoms. The lowest BCUT2D eigenvalue weighted by Crippen LogP contribution is -2.45. The summed E-state index contributed by atoms with van der Waals surface area (Å²) >= 11 is 0. The van der Waals surface area contributed by atoms with Crippen LogP contribution < -0.4 is 14.8 Å². The molecule has 0 bridgehead atoms. The van der Waals surface area contributed by atoms with Gasteiger partial charge in [0.1, 0.15) is 18.2 Å². The molecule has 1 fully saturated rings. The molecule has 0 radical (unpaired) electrons. The van der Waals surface area contributed by atoms with E-state index < -0.39 is 6.67 Å². The predicted octanol–water partition coefficient (Wildman–Crippen LogP) is 5.19. The van der Waals surface area contributed by atoms with Gasteiger partial charge in [0.25, 0.3) is 0 Å². The maximum Gasteiger partial charge on any atom is 0.170 e. The number of hydrogen-bond acceptors (Lipinski definition) is 4. The Labute approximate surface area is 170 Å². The zero-order chi connectivity index (χ0) is 19.9. The van der Waals surface area contributed by atoms with Crippen LogP contribution >= 0.6 is 0 Å². The Bertz CT molecular complexity index is 899. The van der Waals surface area contributed by atoms with Crippen molar-refractivity contribution in [1.82, 2.24) is 10.2 Å². The molecule has 4 rings (SSSR count). The fourth-order valence-electron chi connectivity index (χ4n) is 3.52. The van der Waals surface area contributed by atoms with Crippen LogP contribution in [0.1, 0.15) is 11.6 Å². The Kier molecular flexibility index (Phi) is 6.39. The number of halogens is 1. The van der Waals surface area contributed by atoms with Gasteiger partial charge in [0.05, 0.1) is 6.04 Å². The summed E-state index contributed by atoms with van der Waals surface area (Å²) in [5.74, 6) is 2.61. The lowest BCUT2D eigenvalue weighted by Gasteiger charge is -2.33. The summed E-state index contributed by atoms with van der Waals surface area (Å²) in [5, 5.41) is 3.32. The van der Waals surface area contributed by atoms with E-state index in [2.05, 4.69) is 10.2 Å². The normalized spacial score (nSPS) is 15.6. The largest absolute Gasteiger partial charge is 0.453 e. The number of nitrogens with one attached hydrogen (secondary N) is 1. The molecule has 0 aromatic heterocycles. The molecule has 0 saturated carbocycles. The highest BCUT2D eigenvalue weighted by Gasteiger charge is 2.23. The van der Waals surface area contributed by atoms with Gasteiger partial charge < -0.3 is 14.8 Å². The molecule has 4 nitrogen and oxygen atoms in total. The van der Waals surface area contributed by atoms with Gasteiger partial charge in [0.2, 0.25) is 0 Å². The fourth-order valence-corrected chi connectivity index (χ4v) is 3.52. The van der Waals surface area contributed by atoms with E-state index >= 15 is 0 Å². The standard InChI is InChI=1S/C24H25FN2O2/c25-18-22(27-15-13-26-14-16-27)19-11-12-23(28-20-7-3-1-4-8-20)24(17-19)29-21-9-5-2-6-10-21/h1-12,17,22,26H,13-16,18H2/t22-/m0/s1. The minimum Gasteiger partial charge on any atom is -0.453 e. The van der Waals surface area contributed by atoms with Crippen LogP contribution in [-0.2, 0) is 0 Å². The van der Waals surface area contributed by atoms with Crippen molar-refractivity contribution in [3.05, 3.63) is 84.4 Å². The quantitative estimate of drug-likeness (QED) is 0.600. The van der Waals surface area contributed by atoms with E-state index in [0.29, 0.717) is 17.2 Å². The third-order valence-electron chi connectivity index (χ3n) is 5.03. The number of piperazine rings is 1. The molecule has 1 atom stereocenters. The number of para-hydroxylation sites is 2. The van der Waals surface area contributed by atoms with Crippen molar-refractivity contribution < 1.29 is 13.9 Å². The first kappa shape index (κ1) is 19.4. The highest BCUT2D eigenvalue weighted by molar-refractivity contribution is 5.48. The molecule has 0 aliphatic carbocycles. The molecule has 1 aliphatic heterocycles. The maximum absolute atomic E-state index is 14.0. The van der Waals surface area contributed by atoms with Gasteiger partial charge in [0, 0.05) is 26.2 Å². The Morgan fingerprint density at radius 3 is 1.97 bits per heavy atom. The molecule has 1 heterocycles. The van der Waals surface area contributed by atoms with E-state index in [1.165, 1.54) is 0 Å². The fraction of sp³-hybridized carbons (Fsp3) is 0.250. The number of benzene rings is 3. The number of ether oxygens (including phenoxy) is 2. The number of hydrogen-bond donors (Lipinski definition) is 1. The molecule has 1 N–H and O–H groups in total. The van der Waals surface area contributed by atoms with E-state index in [0.717, 1.165) is 37.5 Å². The third kappa shape index (κ3) is 4.94. The van der Waals surface area contributed by atoms with Crippen LogP contribution in [0.4, 0.5) is 4.39 Å². The van der Waals surface area contributed by atoms with Crippen molar-refractivity contribution in [2.75, 3.05) is 32.9 Å². The Hall–Kier alpha value is -2.89. The molecule has 3 aromatic carbocycles. The van der Waals surface area contributed by atoms with Crippen LogP contribution in [0.25, 0.3) is 0 Å². The van der Waals surface area contributed by atoms with Crippen molar-refractivity contribution in [1.29, 1.82) is 0 Å². The maximum atomic E-state index is 14.0. The van der Waals surface area contributed by atoms with Crippen molar-refractivity contribution in [2.24, 2.45) is 0 Å². The highest BCUT2D eigenvalue weighted by Crippen LogP contribution is 2.38. The summed E-state index contributed by atoms with van der Waals surface area (Å²) in [6.45, 7) is 2.96. The summed E-state index contributed by atoms with van der Waals surface area (Å²) in [7, 11) is 0. The van der Waals surface area contributed by atoms with E-state index in [4.69, 9.17) is 9.47 Å². The third-order valence-corrected chi connectivity index (χ3v) is 5.03. The van der Waals surface area contributed by atoms with E-state index in [1.807, 2.05) is 78.9 Å². The van der Waals surface area contributed by atoms with Gasteiger partial charge in [-0.3, -0.25) is 4.90 Å². The number of alkyl halides is 1. The Balaban J connectivity index is 1.65. The van der Waals surface area contributed by atoms with Crippen LogP contribution in [0.2, 0.25) is 0 Å².